The van der Waals surface area contributed by atoms with Gasteiger partial charge in [-0.25, -0.2) is 0 Å². The molecule has 2 aromatic heterocycles. The van der Waals surface area contributed by atoms with Crippen molar-refractivity contribution in [3.63, 3.8) is 0 Å². The molecule has 6 aromatic rings. The van der Waals surface area contributed by atoms with E-state index in [4.69, 9.17) is 0 Å². The number of fused-ring (bicyclic) bond motifs is 3. The summed E-state index contributed by atoms with van der Waals surface area (Å²) in [5.41, 5.74) is 18.3. The second-order valence-electron chi connectivity index (χ2n) is 12.1. The van der Waals surface area contributed by atoms with Crippen LogP contribution in [0.5, 0.6) is 0 Å². The highest BCUT2D eigenvalue weighted by molar-refractivity contribution is 6.12. The molecular weight excluding hydrogens is 569 g/mol. The Kier molecular flexibility index (Phi) is 8.19. The molecule has 7 rings (SSSR count). The lowest BCUT2D eigenvalue weighted by atomic mass is 9.99. The van der Waals surface area contributed by atoms with Crippen LogP contribution in [0.2, 0.25) is 0 Å². The third-order valence-corrected chi connectivity index (χ3v) is 8.98. The van der Waals surface area contributed by atoms with Crippen molar-refractivity contribution in [2.45, 2.75) is 26.7 Å². The van der Waals surface area contributed by atoms with Crippen LogP contribution < -0.4 is 0 Å². The Bertz CT molecular complexity index is 2300. The van der Waals surface area contributed by atoms with E-state index in [1.54, 1.807) is 0 Å². The van der Waals surface area contributed by atoms with Gasteiger partial charge in [0.2, 0.25) is 0 Å². The minimum atomic E-state index is 0.990. The van der Waals surface area contributed by atoms with Crippen LogP contribution in [0.15, 0.2) is 158 Å². The number of nitrogens with one attached hydrogen (secondary N) is 1. The molecule has 228 valence electrons. The highest BCUT2D eigenvalue weighted by atomic mass is 15.0. The maximum atomic E-state index is 4.29. The van der Waals surface area contributed by atoms with Gasteiger partial charge in [-0.1, -0.05) is 130 Å². The highest BCUT2D eigenvalue weighted by Crippen LogP contribution is 2.39. The Hall–Kier alpha value is -5.82. The van der Waals surface area contributed by atoms with E-state index in [2.05, 4.69) is 176 Å². The predicted molar refractivity (Wildman–Crippen MR) is 203 cm³/mol. The SMILES string of the molecule is C=Cc1ccccc1/C=C(\C)c1cn(-c2ccc(-c3ccccc3)cc2)c2c1ccc1c(C3=C=C(C(=C)/C=C\CCC)C=C3)c[nH]c12. The molecule has 0 radical (unpaired) electrons. The van der Waals surface area contributed by atoms with Crippen molar-refractivity contribution < 1.29 is 0 Å². The summed E-state index contributed by atoms with van der Waals surface area (Å²) < 4.78 is 2.33. The van der Waals surface area contributed by atoms with E-state index >= 15 is 0 Å². The first-order valence-corrected chi connectivity index (χ1v) is 16.3. The van der Waals surface area contributed by atoms with Crippen LogP contribution in [0.25, 0.3) is 61.9 Å². The van der Waals surface area contributed by atoms with Crippen molar-refractivity contribution in [2.24, 2.45) is 0 Å². The van der Waals surface area contributed by atoms with Gasteiger partial charge in [0.1, 0.15) is 0 Å². The standard InChI is InChI=1S/C45H38N2/c1-5-7-9-14-31(3)36-19-20-38(28-36)42-29-46-44-40(42)25-26-41-43(32(4)27-37-18-13-12-15-33(37)6-2)30-47(45(41)44)39-23-21-35(22-24-39)34-16-10-8-11-17-34/h6,8-27,29-30,46H,2-3,5,7H2,1,4H3/b14-9-,32-27+. The first-order valence-electron chi connectivity index (χ1n) is 16.3. The van der Waals surface area contributed by atoms with Gasteiger partial charge in [0.15, 0.2) is 0 Å². The number of rotatable bonds is 10. The molecular formula is C45H38N2. The number of nitrogens with zero attached hydrogens (tertiary/aromatic N) is 1. The first kappa shape index (κ1) is 29.9. The summed E-state index contributed by atoms with van der Waals surface area (Å²) in [4.78, 5) is 3.67. The first-order chi connectivity index (χ1) is 23.1. The van der Waals surface area contributed by atoms with E-state index in [1.807, 2.05) is 6.08 Å². The molecule has 0 fully saturated rings. The Morgan fingerprint density at radius 3 is 2.34 bits per heavy atom. The Labute approximate surface area is 277 Å². The number of hydrogen-bond acceptors (Lipinski definition) is 0. The van der Waals surface area contributed by atoms with Gasteiger partial charge in [0.05, 0.1) is 11.0 Å². The molecule has 4 aromatic carbocycles. The lowest BCUT2D eigenvalue weighted by Crippen LogP contribution is -1.93. The Morgan fingerprint density at radius 1 is 0.851 bits per heavy atom. The van der Waals surface area contributed by atoms with Crippen LogP contribution in [0.1, 0.15) is 48.9 Å². The van der Waals surface area contributed by atoms with E-state index in [0.717, 1.165) is 63.0 Å². The number of benzene rings is 4. The fourth-order valence-electron chi connectivity index (χ4n) is 6.46. The minimum Gasteiger partial charge on any atom is -0.359 e. The van der Waals surface area contributed by atoms with E-state index in [1.165, 1.54) is 33.0 Å². The number of hydrogen-bond donors (Lipinski definition) is 1. The van der Waals surface area contributed by atoms with Gasteiger partial charge in [0.25, 0.3) is 0 Å². The fourth-order valence-corrected chi connectivity index (χ4v) is 6.46. The normalized spacial score (nSPS) is 13.1. The van der Waals surface area contributed by atoms with Crippen LogP contribution in [-0.2, 0) is 0 Å². The molecule has 0 unspecified atom stereocenters. The van der Waals surface area contributed by atoms with Gasteiger partial charge in [0, 0.05) is 51.1 Å². The van der Waals surface area contributed by atoms with Crippen LogP contribution in [0.4, 0.5) is 0 Å². The number of aromatic amines is 1. The summed E-state index contributed by atoms with van der Waals surface area (Å²) in [5.74, 6) is 0. The Morgan fingerprint density at radius 2 is 1.57 bits per heavy atom. The molecule has 0 spiro atoms. The fraction of sp³-hybridized carbons (Fsp3) is 0.0889. The summed E-state index contributed by atoms with van der Waals surface area (Å²) in [5, 5.41) is 2.37. The molecule has 47 heavy (non-hydrogen) atoms. The molecule has 0 saturated carbocycles. The van der Waals surface area contributed by atoms with E-state index in [9.17, 15) is 0 Å². The molecule has 0 aliphatic heterocycles. The third-order valence-electron chi connectivity index (χ3n) is 8.98. The van der Waals surface area contributed by atoms with Crippen LogP contribution in [-0.4, -0.2) is 9.55 Å². The van der Waals surface area contributed by atoms with Crippen molar-refractivity contribution in [3.8, 4) is 16.8 Å². The summed E-state index contributed by atoms with van der Waals surface area (Å²) >= 11 is 0. The predicted octanol–water partition coefficient (Wildman–Crippen LogP) is 12.4. The highest BCUT2D eigenvalue weighted by Gasteiger charge is 2.19. The number of allylic oxidation sites excluding steroid dienone is 7. The average molecular weight is 607 g/mol. The second-order valence-corrected chi connectivity index (χ2v) is 12.1. The van der Waals surface area contributed by atoms with Crippen LogP contribution in [0, 0.1) is 0 Å². The molecule has 1 aliphatic rings. The van der Waals surface area contributed by atoms with Gasteiger partial charge >= 0.3 is 0 Å². The number of aromatic nitrogens is 2. The quantitative estimate of drug-likeness (QED) is 0.118. The summed E-state index contributed by atoms with van der Waals surface area (Å²) in [6.45, 7) is 12.7. The summed E-state index contributed by atoms with van der Waals surface area (Å²) in [6, 6.07) is 32.3. The molecule has 2 nitrogen and oxygen atoms in total. The molecule has 2 heterocycles. The van der Waals surface area contributed by atoms with Gasteiger partial charge in [-0.15, -0.1) is 5.73 Å². The van der Waals surface area contributed by atoms with E-state index in [-0.39, 0.29) is 0 Å². The molecule has 0 bridgehead atoms. The minimum absolute atomic E-state index is 0.990. The van der Waals surface area contributed by atoms with Gasteiger partial charge in [-0.05, 0) is 71.0 Å². The zero-order valence-corrected chi connectivity index (χ0v) is 27.1. The van der Waals surface area contributed by atoms with Crippen molar-refractivity contribution >= 4 is 45.1 Å². The zero-order valence-electron chi connectivity index (χ0n) is 27.1. The summed E-state index contributed by atoms with van der Waals surface area (Å²) in [7, 11) is 0. The Balaban J connectivity index is 1.39. The van der Waals surface area contributed by atoms with Gasteiger partial charge in [-0.3, -0.25) is 0 Å². The molecule has 1 N–H and O–H groups in total. The van der Waals surface area contributed by atoms with Gasteiger partial charge < -0.3 is 9.55 Å². The lowest BCUT2D eigenvalue weighted by Gasteiger charge is -2.08. The monoisotopic (exact) mass is 606 g/mol. The molecule has 1 aliphatic carbocycles. The maximum Gasteiger partial charge on any atom is 0.0777 e. The largest absolute Gasteiger partial charge is 0.359 e. The van der Waals surface area contributed by atoms with Crippen molar-refractivity contribution in [1.82, 2.24) is 9.55 Å². The topological polar surface area (TPSA) is 20.7 Å². The van der Waals surface area contributed by atoms with Gasteiger partial charge in [-0.2, -0.15) is 0 Å². The van der Waals surface area contributed by atoms with Crippen molar-refractivity contribution in [2.75, 3.05) is 0 Å². The lowest BCUT2D eigenvalue weighted by molar-refractivity contribution is 0.958. The van der Waals surface area contributed by atoms with Crippen LogP contribution in [0.3, 0.4) is 0 Å². The van der Waals surface area contributed by atoms with E-state index < -0.39 is 0 Å². The second kappa shape index (κ2) is 12.9. The molecule has 0 atom stereocenters. The zero-order chi connectivity index (χ0) is 32.3. The number of H-pyrrole nitrogens is 1. The smallest absolute Gasteiger partial charge is 0.0777 e. The molecule has 0 saturated heterocycles. The average Bonchev–Trinajstić information content (AvgIpc) is 3.86. The molecule has 2 heteroatoms. The van der Waals surface area contributed by atoms with E-state index in [0.29, 0.717) is 0 Å². The van der Waals surface area contributed by atoms with Crippen LogP contribution >= 0.6 is 0 Å². The number of unbranched alkanes of at least 4 members (excludes halogenated alkanes) is 1. The van der Waals surface area contributed by atoms with Crippen molar-refractivity contribution in [1.29, 1.82) is 0 Å². The molecule has 0 amide bonds. The third kappa shape index (κ3) is 5.72. The summed E-state index contributed by atoms with van der Waals surface area (Å²) in [6.07, 6.45) is 19.3. The van der Waals surface area contributed by atoms with Crippen molar-refractivity contribution in [3.05, 3.63) is 180 Å². The maximum absolute atomic E-state index is 4.29.